The molecule has 0 aliphatic rings. The molecule has 0 radical (unpaired) electrons. The summed E-state index contributed by atoms with van der Waals surface area (Å²) < 4.78 is 5.77. The molecule has 7 nitrogen and oxygen atoms in total. The second-order valence-corrected chi connectivity index (χ2v) is 7.37. The van der Waals surface area contributed by atoms with E-state index in [1.54, 1.807) is 36.4 Å². The molecular formula is C26H17N3O4. The van der Waals surface area contributed by atoms with E-state index in [4.69, 9.17) is 4.42 Å². The highest BCUT2D eigenvalue weighted by Gasteiger charge is 2.17. The lowest BCUT2D eigenvalue weighted by molar-refractivity contribution is -0.384. The van der Waals surface area contributed by atoms with Crippen molar-refractivity contribution in [3.63, 3.8) is 0 Å². The summed E-state index contributed by atoms with van der Waals surface area (Å²) in [6.07, 6.45) is 0. The number of hydrogen-bond donors (Lipinski definition) is 1. The highest BCUT2D eigenvalue weighted by atomic mass is 16.6. The first kappa shape index (κ1) is 20.1. The zero-order valence-electron chi connectivity index (χ0n) is 17.3. The van der Waals surface area contributed by atoms with Gasteiger partial charge in [0.2, 0.25) is 5.89 Å². The maximum atomic E-state index is 12.9. The number of oxazole rings is 1. The lowest BCUT2D eigenvalue weighted by atomic mass is 10.0. The van der Waals surface area contributed by atoms with E-state index in [0.29, 0.717) is 27.9 Å². The minimum absolute atomic E-state index is 0.0780. The van der Waals surface area contributed by atoms with Crippen molar-refractivity contribution in [2.75, 3.05) is 5.32 Å². The average Bonchev–Trinajstić information content (AvgIpc) is 3.28. The predicted octanol–water partition coefficient (Wildman–Crippen LogP) is 6.32. The molecule has 0 spiro atoms. The topological polar surface area (TPSA) is 98.3 Å². The molecule has 0 saturated heterocycles. The molecule has 1 heterocycles. The zero-order valence-corrected chi connectivity index (χ0v) is 17.3. The van der Waals surface area contributed by atoms with E-state index in [9.17, 15) is 14.9 Å². The van der Waals surface area contributed by atoms with Gasteiger partial charge in [-0.1, -0.05) is 54.6 Å². The highest BCUT2D eigenvalue weighted by Crippen LogP contribution is 2.32. The summed E-state index contributed by atoms with van der Waals surface area (Å²) in [5.41, 5.74) is 4.42. The lowest BCUT2D eigenvalue weighted by Crippen LogP contribution is -2.12. The summed E-state index contributed by atoms with van der Waals surface area (Å²) in [5, 5.41) is 13.9. The van der Waals surface area contributed by atoms with Gasteiger partial charge in [0.15, 0.2) is 5.58 Å². The fourth-order valence-corrected chi connectivity index (χ4v) is 3.56. The Balaban J connectivity index is 1.42. The van der Waals surface area contributed by atoms with Crippen molar-refractivity contribution in [1.82, 2.24) is 4.98 Å². The third-order valence-electron chi connectivity index (χ3n) is 5.24. The van der Waals surface area contributed by atoms with E-state index < -0.39 is 4.92 Å². The minimum atomic E-state index is -0.487. The van der Waals surface area contributed by atoms with Gasteiger partial charge in [-0.15, -0.1) is 0 Å². The number of para-hydroxylation sites is 1. The van der Waals surface area contributed by atoms with Crippen LogP contribution in [-0.2, 0) is 0 Å². The maximum Gasteiger partial charge on any atom is 0.273 e. The van der Waals surface area contributed by atoms with Crippen molar-refractivity contribution in [2.24, 2.45) is 0 Å². The molecule has 0 unspecified atom stereocenters. The Bertz CT molecular complexity index is 1480. The molecule has 0 aliphatic carbocycles. The van der Waals surface area contributed by atoms with Gasteiger partial charge in [0.05, 0.1) is 22.2 Å². The number of aromatic nitrogens is 1. The molecule has 0 fully saturated rings. The van der Waals surface area contributed by atoms with Crippen LogP contribution in [0, 0.1) is 10.1 Å². The normalized spacial score (nSPS) is 10.8. The van der Waals surface area contributed by atoms with Crippen LogP contribution in [0.5, 0.6) is 0 Å². The van der Waals surface area contributed by atoms with Gasteiger partial charge < -0.3 is 9.73 Å². The summed E-state index contributed by atoms with van der Waals surface area (Å²) in [6.45, 7) is 0. The standard InChI is InChI=1S/C26H17N3O4/c30-25(19-12-10-18(11-13-19)17-6-2-1-3-7-17)27-22-9-5-4-8-21(22)26-28-23-15-14-20(29(31)32)16-24(23)33-26/h1-16H,(H,27,30). The summed E-state index contributed by atoms with van der Waals surface area (Å²) >= 11 is 0. The summed E-state index contributed by atoms with van der Waals surface area (Å²) in [7, 11) is 0. The molecule has 0 atom stereocenters. The van der Waals surface area contributed by atoms with Crippen LogP contribution in [-0.4, -0.2) is 15.8 Å². The molecule has 5 aromatic rings. The van der Waals surface area contributed by atoms with Crippen LogP contribution in [0.1, 0.15) is 10.4 Å². The van der Waals surface area contributed by atoms with Crippen LogP contribution in [0.2, 0.25) is 0 Å². The fourth-order valence-electron chi connectivity index (χ4n) is 3.56. The molecule has 7 heteroatoms. The number of nitro groups is 1. The summed E-state index contributed by atoms with van der Waals surface area (Å²) in [4.78, 5) is 27.9. The molecule has 33 heavy (non-hydrogen) atoms. The van der Waals surface area contributed by atoms with Crippen LogP contribution in [0.4, 0.5) is 11.4 Å². The molecule has 0 aliphatic heterocycles. The van der Waals surface area contributed by atoms with Gasteiger partial charge in [0.25, 0.3) is 11.6 Å². The second-order valence-electron chi connectivity index (χ2n) is 7.37. The second kappa shape index (κ2) is 8.39. The van der Waals surface area contributed by atoms with Crippen LogP contribution in [0.15, 0.2) is 101 Å². The van der Waals surface area contributed by atoms with E-state index in [-0.39, 0.29) is 17.5 Å². The molecule has 1 aromatic heterocycles. The van der Waals surface area contributed by atoms with Crippen molar-refractivity contribution < 1.29 is 14.1 Å². The lowest BCUT2D eigenvalue weighted by Gasteiger charge is -2.09. The van der Waals surface area contributed by atoms with Gasteiger partial charge in [0, 0.05) is 11.6 Å². The first-order valence-corrected chi connectivity index (χ1v) is 10.2. The van der Waals surface area contributed by atoms with E-state index in [2.05, 4.69) is 10.3 Å². The molecule has 0 saturated carbocycles. The largest absolute Gasteiger partial charge is 0.436 e. The molecule has 1 N–H and O–H groups in total. The Labute approximate surface area is 188 Å². The van der Waals surface area contributed by atoms with Crippen LogP contribution < -0.4 is 5.32 Å². The number of nitrogens with zero attached hydrogens (tertiary/aromatic N) is 2. The number of non-ortho nitro benzene ring substituents is 1. The maximum absolute atomic E-state index is 12.9. The first-order chi connectivity index (χ1) is 16.1. The number of hydrogen-bond acceptors (Lipinski definition) is 5. The van der Waals surface area contributed by atoms with E-state index >= 15 is 0 Å². The molecule has 4 aromatic carbocycles. The Hall–Kier alpha value is -4.78. The molecule has 0 bridgehead atoms. The highest BCUT2D eigenvalue weighted by molar-refractivity contribution is 6.06. The number of fused-ring (bicyclic) bond motifs is 1. The van der Waals surface area contributed by atoms with Gasteiger partial charge in [-0.3, -0.25) is 14.9 Å². The molecule has 5 rings (SSSR count). The first-order valence-electron chi connectivity index (χ1n) is 10.2. The van der Waals surface area contributed by atoms with E-state index in [1.165, 1.54) is 18.2 Å². The van der Waals surface area contributed by atoms with Gasteiger partial charge >= 0.3 is 0 Å². The third kappa shape index (κ3) is 4.07. The quantitative estimate of drug-likeness (QED) is 0.257. The summed E-state index contributed by atoms with van der Waals surface area (Å²) in [5.74, 6) is -0.00497. The number of amides is 1. The van der Waals surface area contributed by atoms with Gasteiger partial charge in [-0.25, -0.2) is 4.98 Å². The molecular weight excluding hydrogens is 418 g/mol. The van der Waals surface area contributed by atoms with Crippen LogP contribution in [0.3, 0.4) is 0 Å². The Morgan fingerprint density at radius 1 is 0.848 bits per heavy atom. The Morgan fingerprint density at radius 2 is 1.55 bits per heavy atom. The van der Waals surface area contributed by atoms with Gasteiger partial charge in [-0.05, 0) is 41.5 Å². The van der Waals surface area contributed by atoms with Crippen molar-refractivity contribution in [2.45, 2.75) is 0 Å². The SMILES string of the molecule is O=C(Nc1ccccc1-c1nc2ccc([N+](=O)[O-])cc2o1)c1ccc(-c2ccccc2)cc1. The van der Waals surface area contributed by atoms with Crippen LogP contribution >= 0.6 is 0 Å². The van der Waals surface area contributed by atoms with E-state index in [0.717, 1.165) is 11.1 Å². The number of benzene rings is 4. The average molecular weight is 435 g/mol. The monoisotopic (exact) mass is 435 g/mol. The van der Waals surface area contributed by atoms with Gasteiger partial charge in [0.1, 0.15) is 5.52 Å². The van der Waals surface area contributed by atoms with Crippen molar-refractivity contribution in [1.29, 1.82) is 0 Å². The predicted molar refractivity (Wildman–Crippen MR) is 126 cm³/mol. The summed E-state index contributed by atoms with van der Waals surface area (Å²) in [6, 6.07) is 28.7. The van der Waals surface area contributed by atoms with Crippen molar-refractivity contribution in [3.8, 4) is 22.6 Å². The number of rotatable bonds is 5. The van der Waals surface area contributed by atoms with E-state index in [1.807, 2.05) is 42.5 Å². The fraction of sp³-hybridized carbons (Fsp3) is 0. The number of carbonyl (C=O) groups excluding carboxylic acids is 1. The van der Waals surface area contributed by atoms with Crippen molar-refractivity contribution >= 4 is 28.4 Å². The smallest absolute Gasteiger partial charge is 0.273 e. The molecule has 1 amide bonds. The molecule has 160 valence electrons. The minimum Gasteiger partial charge on any atom is -0.436 e. The number of anilines is 1. The Kier molecular flexibility index (Phi) is 5.12. The van der Waals surface area contributed by atoms with Crippen LogP contribution in [0.25, 0.3) is 33.7 Å². The number of nitro benzene ring substituents is 1. The third-order valence-corrected chi connectivity index (χ3v) is 5.24. The Morgan fingerprint density at radius 3 is 2.30 bits per heavy atom. The zero-order chi connectivity index (χ0) is 22.8. The van der Waals surface area contributed by atoms with Gasteiger partial charge in [-0.2, -0.15) is 0 Å². The number of carbonyl (C=O) groups is 1. The number of nitrogens with one attached hydrogen (secondary N) is 1. The van der Waals surface area contributed by atoms with Crippen molar-refractivity contribution in [3.05, 3.63) is 113 Å².